The predicted molar refractivity (Wildman–Crippen MR) is 78.2 cm³/mol. The monoisotopic (exact) mass is 322 g/mol. The summed E-state index contributed by atoms with van der Waals surface area (Å²) in [4.78, 5) is 0. The number of halogens is 2. The molecule has 0 aliphatic carbocycles. The number of alkyl halides is 2. The average Bonchev–Trinajstić information content (AvgIpc) is 2.36. The van der Waals surface area contributed by atoms with Gasteiger partial charge in [-0.3, -0.25) is 4.72 Å². The lowest BCUT2D eigenvalue weighted by Gasteiger charge is -2.10. The topological polar surface area (TPSA) is 67.4 Å². The third-order valence-corrected chi connectivity index (χ3v) is 3.87. The van der Waals surface area contributed by atoms with Crippen LogP contribution in [0.25, 0.3) is 0 Å². The number of rotatable bonds is 9. The standard InChI is InChI=1S/C13H20F2N2O3S/c1-10(2)16-8-3-9-21(18,19)17-11-4-6-12(7-5-11)20-13(14)15/h4-7,10,13,16-17H,3,8-9H2,1-2H3. The van der Waals surface area contributed by atoms with Gasteiger partial charge in [0.15, 0.2) is 0 Å². The summed E-state index contributed by atoms with van der Waals surface area (Å²) in [6.07, 6.45) is 0.486. The van der Waals surface area contributed by atoms with E-state index in [1.165, 1.54) is 24.3 Å². The van der Waals surface area contributed by atoms with Crippen LogP contribution >= 0.6 is 0 Å². The molecule has 1 rings (SSSR count). The molecule has 0 unspecified atom stereocenters. The van der Waals surface area contributed by atoms with E-state index in [0.29, 0.717) is 24.7 Å². The highest BCUT2D eigenvalue weighted by Crippen LogP contribution is 2.18. The average molecular weight is 322 g/mol. The van der Waals surface area contributed by atoms with E-state index in [1.807, 2.05) is 13.8 Å². The van der Waals surface area contributed by atoms with Gasteiger partial charge in [0.1, 0.15) is 5.75 Å². The summed E-state index contributed by atoms with van der Waals surface area (Å²) in [5.74, 6) is -0.0313. The Morgan fingerprint density at radius 3 is 2.33 bits per heavy atom. The zero-order valence-corrected chi connectivity index (χ0v) is 12.8. The third kappa shape index (κ3) is 7.81. The first kappa shape index (κ1) is 17.6. The van der Waals surface area contributed by atoms with Crippen molar-refractivity contribution in [2.75, 3.05) is 17.0 Å². The minimum absolute atomic E-state index is 0.0119. The summed E-state index contributed by atoms with van der Waals surface area (Å²) in [7, 11) is -3.45. The van der Waals surface area contributed by atoms with Gasteiger partial charge in [0.25, 0.3) is 0 Å². The third-order valence-electron chi connectivity index (χ3n) is 2.50. The molecule has 0 fully saturated rings. The molecule has 0 heterocycles. The van der Waals surface area contributed by atoms with Crippen LogP contribution in [0.5, 0.6) is 5.75 Å². The summed E-state index contributed by atoms with van der Waals surface area (Å²) in [5, 5.41) is 3.13. The molecule has 120 valence electrons. The van der Waals surface area contributed by atoms with Crippen molar-refractivity contribution in [2.45, 2.75) is 32.9 Å². The summed E-state index contributed by atoms with van der Waals surface area (Å²) < 4.78 is 54.2. The number of anilines is 1. The molecule has 0 aliphatic rings. The fourth-order valence-corrected chi connectivity index (χ4v) is 2.71. The van der Waals surface area contributed by atoms with Crippen molar-refractivity contribution in [1.29, 1.82) is 0 Å². The molecule has 2 N–H and O–H groups in total. The molecule has 1 aromatic rings. The van der Waals surface area contributed by atoms with E-state index in [-0.39, 0.29) is 11.5 Å². The molecule has 0 radical (unpaired) electrons. The van der Waals surface area contributed by atoms with Crippen LogP contribution in [0, 0.1) is 0 Å². The molecule has 21 heavy (non-hydrogen) atoms. The first-order valence-corrected chi connectivity index (χ1v) is 8.22. The molecule has 0 atom stereocenters. The predicted octanol–water partition coefficient (Wildman–Crippen LogP) is 2.42. The zero-order valence-electron chi connectivity index (χ0n) is 12.0. The molecule has 0 spiro atoms. The van der Waals surface area contributed by atoms with E-state index in [9.17, 15) is 17.2 Å². The molecular weight excluding hydrogens is 302 g/mol. The van der Waals surface area contributed by atoms with E-state index in [1.54, 1.807) is 0 Å². The van der Waals surface area contributed by atoms with Gasteiger partial charge in [-0.05, 0) is 37.2 Å². The van der Waals surface area contributed by atoms with Gasteiger partial charge < -0.3 is 10.1 Å². The Morgan fingerprint density at radius 2 is 1.81 bits per heavy atom. The smallest absolute Gasteiger partial charge is 0.387 e. The number of nitrogens with one attached hydrogen (secondary N) is 2. The summed E-state index contributed by atoms with van der Waals surface area (Å²) in [5.41, 5.74) is 0.313. The Morgan fingerprint density at radius 1 is 1.19 bits per heavy atom. The van der Waals surface area contributed by atoms with Crippen LogP contribution in [0.1, 0.15) is 20.3 Å². The van der Waals surface area contributed by atoms with Gasteiger partial charge in [0.2, 0.25) is 10.0 Å². The molecule has 1 aromatic carbocycles. The second-order valence-corrected chi connectivity index (χ2v) is 6.63. The maximum absolute atomic E-state index is 12.0. The van der Waals surface area contributed by atoms with E-state index in [2.05, 4.69) is 14.8 Å². The molecule has 0 aliphatic heterocycles. The molecule has 5 nitrogen and oxygen atoms in total. The highest BCUT2D eigenvalue weighted by Gasteiger charge is 2.11. The molecular formula is C13H20F2N2O3S. The van der Waals surface area contributed by atoms with Crippen molar-refractivity contribution in [3.63, 3.8) is 0 Å². The lowest BCUT2D eigenvalue weighted by molar-refractivity contribution is -0.0498. The van der Waals surface area contributed by atoms with Gasteiger partial charge in [-0.25, -0.2) is 8.42 Å². The Bertz CT molecular complexity index is 519. The Labute approximate surface area is 123 Å². The summed E-state index contributed by atoms with van der Waals surface area (Å²) >= 11 is 0. The van der Waals surface area contributed by atoms with Crippen LogP contribution in [0.4, 0.5) is 14.5 Å². The van der Waals surface area contributed by atoms with E-state index >= 15 is 0 Å². The maximum Gasteiger partial charge on any atom is 0.387 e. The first-order valence-electron chi connectivity index (χ1n) is 6.57. The van der Waals surface area contributed by atoms with Crippen LogP contribution in [-0.4, -0.2) is 33.4 Å². The SMILES string of the molecule is CC(C)NCCCS(=O)(=O)Nc1ccc(OC(F)F)cc1. The number of sulfonamides is 1. The normalized spacial score (nSPS) is 11.9. The highest BCUT2D eigenvalue weighted by molar-refractivity contribution is 7.92. The van der Waals surface area contributed by atoms with E-state index < -0.39 is 16.6 Å². The van der Waals surface area contributed by atoms with Gasteiger partial charge in [-0.15, -0.1) is 0 Å². The van der Waals surface area contributed by atoms with Crippen molar-refractivity contribution in [3.05, 3.63) is 24.3 Å². The van der Waals surface area contributed by atoms with Crippen LogP contribution in [-0.2, 0) is 10.0 Å². The van der Waals surface area contributed by atoms with Crippen molar-refractivity contribution < 1.29 is 21.9 Å². The van der Waals surface area contributed by atoms with Crippen LogP contribution in [0.2, 0.25) is 0 Å². The second-order valence-electron chi connectivity index (χ2n) is 4.79. The zero-order chi connectivity index (χ0) is 15.9. The largest absolute Gasteiger partial charge is 0.435 e. The fourth-order valence-electron chi connectivity index (χ4n) is 1.59. The Hall–Kier alpha value is -1.41. The quantitative estimate of drug-likeness (QED) is 0.685. The Kier molecular flexibility index (Phi) is 6.83. The van der Waals surface area contributed by atoms with Gasteiger partial charge in [-0.2, -0.15) is 8.78 Å². The summed E-state index contributed by atoms with van der Waals surface area (Å²) in [6.45, 7) is 1.67. The van der Waals surface area contributed by atoms with Gasteiger partial charge in [-0.1, -0.05) is 13.8 Å². The van der Waals surface area contributed by atoms with E-state index in [0.717, 1.165) is 0 Å². The number of benzene rings is 1. The summed E-state index contributed by atoms with van der Waals surface area (Å²) in [6, 6.07) is 5.63. The fraction of sp³-hybridized carbons (Fsp3) is 0.538. The number of hydrogen-bond donors (Lipinski definition) is 2. The van der Waals surface area contributed by atoms with Crippen LogP contribution < -0.4 is 14.8 Å². The van der Waals surface area contributed by atoms with Crippen LogP contribution in [0.15, 0.2) is 24.3 Å². The lowest BCUT2D eigenvalue weighted by atomic mass is 10.3. The van der Waals surface area contributed by atoms with Crippen molar-refractivity contribution in [3.8, 4) is 5.75 Å². The highest BCUT2D eigenvalue weighted by atomic mass is 32.2. The van der Waals surface area contributed by atoms with Crippen LogP contribution in [0.3, 0.4) is 0 Å². The molecule has 0 saturated heterocycles. The Balaban J connectivity index is 2.47. The van der Waals surface area contributed by atoms with Crippen molar-refractivity contribution >= 4 is 15.7 Å². The molecule has 0 amide bonds. The minimum Gasteiger partial charge on any atom is -0.435 e. The van der Waals surface area contributed by atoms with Crippen molar-refractivity contribution in [1.82, 2.24) is 5.32 Å². The maximum atomic E-state index is 12.0. The molecule has 0 saturated carbocycles. The minimum atomic E-state index is -3.45. The molecule has 8 heteroatoms. The van der Waals surface area contributed by atoms with Gasteiger partial charge in [0, 0.05) is 11.7 Å². The molecule has 0 aromatic heterocycles. The van der Waals surface area contributed by atoms with E-state index in [4.69, 9.17) is 0 Å². The van der Waals surface area contributed by atoms with Gasteiger partial charge >= 0.3 is 6.61 Å². The number of hydrogen-bond acceptors (Lipinski definition) is 4. The van der Waals surface area contributed by atoms with Gasteiger partial charge in [0.05, 0.1) is 5.75 Å². The lowest BCUT2D eigenvalue weighted by Crippen LogP contribution is -2.26. The number of ether oxygens (including phenoxy) is 1. The molecule has 0 bridgehead atoms. The first-order chi connectivity index (χ1) is 9.78. The van der Waals surface area contributed by atoms with Crippen molar-refractivity contribution in [2.24, 2.45) is 0 Å². The second kappa shape index (κ2) is 8.14.